The largest absolute Gasteiger partial charge is 0.432 e. The predicted octanol–water partition coefficient (Wildman–Crippen LogP) is 1.81. The van der Waals surface area contributed by atoms with Crippen LogP contribution in [0.15, 0.2) is 58.4 Å². The number of rotatable bonds is 4. The van der Waals surface area contributed by atoms with Gasteiger partial charge in [-0.3, -0.25) is 4.79 Å². The first-order chi connectivity index (χ1) is 11.8. The summed E-state index contributed by atoms with van der Waals surface area (Å²) in [6.45, 7) is 0. The molecule has 4 aromatic heterocycles. The number of hydrogen-bond acceptors (Lipinski definition) is 9. The van der Waals surface area contributed by atoms with Gasteiger partial charge in [0.15, 0.2) is 11.5 Å². The molecule has 0 N–H and O–H groups in total. The number of ketones is 1. The Morgan fingerprint density at radius 2 is 1.25 bits per heavy atom. The van der Waals surface area contributed by atoms with Crippen LogP contribution in [0.5, 0.6) is 0 Å². The van der Waals surface area contributed by atoms with E-state index in [0.717, 1.165) is 0 Å². The Morgan fingerprint density at radius 1 is 0.750 bits per heavy atom. The van der Waals surface area contributed by atoms with Crippen LogP contribution in [0.2, 0.25) is 0 Å². The molecular formula is C15H8N6O3. The van der Waals surface area contributed by atoms with Crippen LogP contribution in [0.25, 0.3) is 22.9 Å². The topological polar surface area (TPSA) is 121 Å². The fourth-order valence-corrected chi connectivity index (χ4v) is 1.96. The second-order valence-electron chi connectivity index (χ2n) is 4.58. The minimum absolute atomic E-state index is 0.139. The van der Waals surface area contributed by atoms with Gasteiger partial charge in [0.2, 0.25) is 0 Å². The summed E-state index contributed by atoms with van der Waals surface area (Å²) in [5.41, 5.74) is 1.04. The average Bonchev–Trinajstić information content (AvgIpc) is 3.33. The minimum atomic E-state index is -0.574. The van der Waals surface area contributed by atoms with Crippen molar-refractivity contribution in [2.45, 2.75) is 0 Å². The van der Waals surface area contributed by atoms with Crippen molar-refractivity contribution in [3.63, 3.8) is 0 Å². The van der Waals surface area contributed by atoms with Gasteiger partial charge in [-0.1, -0.05) is 0 Å². The van der Waals surface area contributed by atoms with Crippen molar-refractivity contribution in [3.05, 3.63) is 61.4 Å². The van der Waals surface area contributed by atoms with E-state index >= 15 is 0 Å². The third kappa shape index (κ3) is 2.54. The SMILES string of the molecule is O=C(c1ncc(-c2ccncn2)o1)c1ncc(-c2ccncn2)o1. The summed E-state index contributed by atoms with van der Waals surface area (Å²) in [5, 5.41) is 0. The molecule has 0 spiro atoms. The van der Waals surface area contributed by atoms with Gasteiger partial charge in [-0.25, -0.2) is 29.9 Å². The van der Waals surface area contributed by atoms with E-state index in [-0.39, 0.29) is 11.8 Å². The van der Waals surface area contributed by atoms with Gasteiger partial charge < -0.3 is 8.83 Å². The van der Waals surface area contributed by atoms with E-state index in [2.05, 4.69) is 29.9 Å². The normalized spacial score (nSPS) is 10.7. The highest BCUT2D eigenvalue weighted by Crippen LogP contribution is 2.21. The van der Waals surface area contributed by atoms with E-state index in [1.54, 1.807) is 24.5 Å². The first-order valence-corrected chi connectivity index (χ1v) is 6.80. The predicted molar refractivity (Wildman–Crippen MR) is 78.5 cm³/mol. The smallest absolute Gasteiger partial charge is 0.302 e. The molecule has 0 unspecified atom stereocenters. The second-order valence-corrected chi connectivity index (χ2v) is 4.58. The van der Waals surface area contributed by atoms with Crippen molar-refractivity contribution in [1.29, 1.82) is 0 Å². The zero-order chi connectivity index (χ0) is 16.4. The molecule has 4 aromatic rings. The lowest BCUT2D eigenvalue weighted by molar-refractivity contribution is 0.0971. The van der Waals surface area contributed by atoms with Gasteiger partial charge in [0, 0.05) is 12.4 Å². The lowest BCUT2D eigenvalue weighted by Crippen LogP contribution is -2.01. The Morgan fingerprint density at radius 3 is 1.67 bits per heavy atom. The van der Waals surface area contributed by atoms with Gasteiger partial charge >= 0.3 is 5.78 Å². The van der Waals surface area contributed by atoms with Crippen LogP contribution in [-0.4, -0.2) is 35.7 Å². The average molecular weight is 320 g/mol. The van der Waals surface area contributed by atoms with Crippen molar-refractivity contribution in [2.75, 3.05) is 0 Å². The summed E-state index contributed by atoms with van der Waals surface area (Å²) in [5.74, 6) is -0.151. The van der Waals surface area contributed by atoms with Crippen LogP contribution in [0.3, 0.4) is 0 Å². The number of oxazole rings is 2. The molecule has 116 valence electrons. The Balaban J connectivity index is 1.61. The maximum atomic E-state index is 12.4. The Kier molecular flexibility index (Phi) is 3.35. The molecule has 9 heteroatoms. The zero-order valence-corrected chi connectivity index (χ0v) is 12.0. The molecule has 9 nitrogen and oxygen atoms in total. The molecule has 0 saturated carbocycles. The van der Waals surface area contributed by atoms with E-state index in [9.17, 15) is 4.79 Å². The fraction of sp³-hybridized carbons (Fsp3) is 0. The molecule has 0 aliphatic heterocycles. The standard InChI is InChI=1S/C15H8N6O3/c22-13(14-18-5-11(23-14)9-1-3-16-7-20-9)15-19-6-12(24-15)10-2-4-17-8-21-10/h1-8H. The van der Waals surface area contributed by atoms with Crippen LogP contribution in [0, 0.1) is 0 Å². The van der Waals surface area contributed by atoms with Crippen LogP contribution in [0.1, 0.15) is 16.6 Å². The summed E-state index contributed by atoms with van der Waals surface area (Å²) in [6, 6.07) is 3.29. The fourth-order valence-electron chi connectivity index (χ4n) is 1.96. The van der Waals surface area contributed by atoms with Gasteiger partial charge in [0.05, 0.1) is 12.4 Å². The van der Waals surface area contributed by atoms with E-state index < -0.39 is 5.78 Å². The summed E-state index contributed by atoms with van der Waals surface area (Å²) in [7, 11) is 0. The minimum Gasteiger partial charge on any atom is -0.432 e. The summed E-state index contributed by atoms with van der Waals surface area (Å²) in [6.07, 6.45) is 8.69. The van der Waals surface area contributed by atoms with E-state index in [1.165, 1.54) is 25.0 Å². The third-order valence-electron chi connectivity index (χ3n) is 3.07. The molecule has 4 rings (SSSR count). The van der Waals surface area contributed by atoms with Crippen LogP contribution >= 0.6 is 0 Å². The molecule has 0 amide bonds. The van der Waals surface area contributed by atoms with Gasteiger partial charge in [-0.05, 0) is 12.1 Å². The maximum Gasteiger partial charge on any atom is 0.302 e. The van der Waals surface area contributed by atoms with Gasteiger partial charge in [0.25, 0.3) is 11.8 Å². The van der Waals surface area contributed by atoms with Crippen LogP contribution in [-0.2, 0) is 0 Å². The molecular weight excluding hydrogens is 312 g/mol. The number of hydrogen-bond donors (Lipinski definition) is 0. The lowest BCUT2D eigenvalue weighted by Gasteiger charge is -1.93. The summed E-state index contributed by atoms with van der Waals surface area (Å²) < 4.78 is 10.8. The van der Waals surface area contributed by atoms with Gasteiger partial charge in [-0.15, -0.1) is 0 Å². The molecule has 0 saturated heterocycles. The highest BCUT2D eigenvalue weighted by molar-refractivity contribution is 6.02. The van der Waals surface area contributed by atoms with Gasteiger partial charge in [-0.2, -0.15) is 0 Å². The van der Waals surface area contributed by atoms with E-state index in [4.69, 9.17) is 8.83 Å². The molecule has 0 radical (unpaired) electrons. The second kappa shape index (κ2) is 5.80. The van der Waals surface area contributed by atoms with Crippen molar-refractivity contribution in [3.8, 4) is 22.9 Å². The Labute approximate surface area is 134 Å². The van der Waals surface area contributed by atoms with Crippen LogP contribution < -0.4 is 0 Å². The number of carbonyl (C=O) groups excluding carboxylic acids is 1. The molecule has 0 aliphatic carbocycles. The highest BCUT2D eigenvalue weighted by Gasteiger charge is 2.22. The molecule has 0 atom stereocenters. The van der Waals surface area contributed by atoms with Gasteiger partial charge in [0.1, 0.15) is 24.0 Å². The van der Waals surface area contributed by atoms with E-state index in [1.807, 2.05) is 0 Å². The lowest BCUT2D eigenvalue weighted by atomic mass is 10.3. The Hall–Kier alpha value is -3.75. The Bertz CT molecular complexity index is 901. The summed E-state index contributed by atoms with van der Waals surface area (Å²) >= 11 is 0. The van der Waals surface area contributed by atoms with E-state index in [0.29, 0.717) is 22.9 Å². The first-order valence-electron chi connectivity index (χ1n) is 6.80. The highest BCUT2D eigenvalue weighted by atomic mass is 16.4. The molecule has 4 heterocycles. The number of carbonyl (C=O) groups is 1. The quantitative estimate of drug-likeness (QED) is 0.518. The van der Waals surface area contributed by atoms with Crippen molar-refractivity contribution >= 4 is 5.78 Å². The van der Waals surface area contributed by atoms with Crippen molar-refractivity contribution in [1.82, 2.24) is 29.9 Å². The first kappa shape index (κ1) is 13.9. The van der Waals surface area contributed by atoms with Crippen molar-refractivity contribution in [2.24, 2.45) is 0 Å². The zero-order valence-electron chi connectivity index (χ0n) is 12.0. The van der Waals surface area contributed by atoms with Crippen LogP contribution in [0.4, 0.5) is 0 Å². The number of nitrogens with zero attached hydrogens (tertiary/aromatic N) is 6. The van der Waals surface area contributed by atoms with Crippen molar-refractivity contribution < 1.29 is 13.6 Å². The number of aromatic nitrogens is 6. The molecule has 0 aromatic carbocycles. The molecule has 0 aliphatic rings. The molecule has 0 bridgehead atoms. The molecule has 24 heavy (non-hydrogen) atoms. The monoisotopic (exact) mass is 320 g/mol. The summed E-state index contributed by atoms with van der Waals surface area (Å²) in [4.78, 5) is 35.9. The molecule has 0 fully saturated rings. The maximum absolute atomic E-state index is 12.4. The third-order valence-corrected chi connectivity index (χ3v) is 3.07.